The summed E-state index contributed by atoms with van der Waals surface area (Å²) < 4.78 is 11.9. The van der Waals surface area contributed by atoms with Gasteiger partial charge in [-0.3, -0.25) is 0 Å². The lowest BCUT2D eigenvalue weighted by molar-refractivity contribution is 0.173. The zero-order valence-corrected chi connectivity index (χ0v) is 15.5. The summed E-state index contributed by atoms with van der Waals surface area (Å²) in [6.07, 6.45) is 0. The standard InChI is InChI=1S/C23H20BNO2/c1-15-23(2,3)27-24(26-15)18-10-12-22-20(14-18)19-13-17(9-11-21(19)25-22)16-7-5-4-6-8-16/h4-14,25H,1H2,2-3H3. The number of nitrogens with one attached hydrogen (secondary N) is 1. The number of hydrogen-bond donors (Lipinski definition) is 1. The van der Waals surface area contributed by atoms with Crippen molar-refractivity contribution in [1.82, 2.24) is 4.98 Å². The van der Waals surface area contributed by atoms with E-state index in [-0.39, 0.29) is 0 Å². The van der Waals surface area contributed by atoms with Gasteiger partial charge in [-0.15, -0.1) is 0 Å². The van der Waals surface area contributed by atoms with Crippen LogP contribution < -0.4 is 5.46 Å². The maximum absolute atomic E-state index is 6.05. The predicted octanol–water partition coefficient (Wildman–Crippen LogP) is 5.02. The van der Waals surface area contributed by atoms with Crippen LogP contribution in [0.3, 0.4) is 0 Å². The molecule has 3 nitrogen and oxygen atoms in total. The highest BCUT2D eigenvalue weighted by Crippen LogP contribution is 2.32. The van der Waals surface area contributed by atoms with E-state index >= 15 is 0 Å². The van der Waals surface area contributed by atoms with Gasteiger partial charge in [0.05, 0.1) is 5.76 Å². The van der Waals surface area contributed by atoms with Gasteiger partial charge in [-0.05, 0) is 48.6 Å². The van der Waals surface area contributed by atoms with Gasteiger partial charge in [0.15, 0.2) is 0 Å². The smallest absolute Gasteiger partial charge is 0.534 e. The molecular formula is C23H20BNO2. The molecule has 132 valence electrons. The average molecular weight is 353 g/mol. The Labute approximate surface area is 158 Å². The maximum Gasteiger partial charge on any atom is 0.563 e. The van der Waals surface area contributed by atoms with E-state index in [4.69, 9.17) is 9.31 Å². The molecule has 3 aromatic carbocycles. The molecule has 4 aromatic rings. The number of fused-ring (bicyclic) bond motifs is 3. The summed E-state index contributed by atoms with van der Waals surface area (Å²) in [6, 6.07) is 23.3. The molecule has 2 heterocycles. The van der Waals surface area contributed by atoms with Crippen molar-refractivity contribution in [2.75, 3.05) is 0 Å². The van der Waals surface area contributed by atoms with Crippen molar-refractivity contribution < 1.29 is 9.31 Å². The molecule has 0 amide bonds. The van der Waals surface area contributed by atoms with E-state index < -0.39 is 12.7 Å². The van der Waals surface area contributed by atoms with Crippen LogP contribution in [0.2, 0.25) is 0 Å². The molecule has 0 radical (unpaired) electrons. The highest BCUT2D eigenvalue weighted by molar-refractivity contribution is 6.62. The van der Waals surface area contributed by atoms with E-state index in [1.807, 2.05) is 19.9 Å². The molecule has 4 heteroatoms. The fourth-order valence-electron chi connectivity index (χ4n) is 3.64. The zero-order chi connectivity index (χ0) is 18.6. The first-order valence-corrected chi connectivity index (χ1v) is 9.16. The molecule has 1 aliphatic rings. The highest BCUT2D eigenvalue weighted by atomic mass is 16.7. The Morgan fingerprint density at radius 1 is 0.852 bits per heavy atom. The third-order valence-electron chi connectivity index (χ3n) is 5.32. The first kappa shape index (κ1) is 16.2. The molecule has 0 saturated carbocycles. The summed E-state index contributed by atoms with van der Waals surface area (Å²) in [5, 5.41) is 2.37. The lowest BCUT2D eigenvalue weighted by Gasteiger charge is -2.15. The fourth-order valence-corrected chi connectivity index (χ4v) is 3.64. The van der Waals surface area contributed by atoms with E-state index in [0.717, 1.165) is 16.5 Å². The zero-order valence-electron chi connectivity index (χ0n) is 15.5. The summed E-state index contributed by atoms with van der Waals surface area (Å²) in [4.78, 5) is 3.50. The molecule has 1 saturated heterocycles. The van der Waals surface area contributed by atoms with Crippen molar-refractivity contribution in [3.8, 4) is 11.1 Å². The Balaban J connectivity index is 1.63. The second kappa shape index (κ2) is 5.76. The van der Waals surface area contributed by atoms with Gasteiger partial charge in [-0.2, -0.15) is 0 Å². The summed E-state index contributed by atoms with van der Waals surface area (Å²) >= 11 is 0. The van der Waals surface area contributed by atoms with Gasteiger partial charge in [-0.1, -0.05) is 55.1 Å². The van der Waals surface area contributed by atoms with Crippen molar-refractivity contribution in [3.05, 3.63) is 79.1 Å². The molecule has 5 rings (SSSR count). The molecule has 0 bridgehead atoms. The van der Waals surface area contributed by atoms with E-state index in [1.54, 1.807) is 0 Å². The van der Waals surface area contributed by atoms with Gasteiger partial charge >= 0.3 is 7.12 Å². The monoisotopic (exact) mass is 353 g/mol. The lowest BCUT2D eigenvalue weighted by atomic mass is 9.78. The number of aromatic amines is 1. The van der Waals surface area contributed by atoms with Gasteiger partial charge in [-0.25, -0.2) is 0 Å². The van der Waals surface area contributed by atoms with Gasteiger partial charge in [0.25, 0.3) is 0 Å². The molecule has 1 N–H and O–H groups in total. The van der Waals surface area contributed by atoms with Crippen LogP contribution in [-0.4, -0.2) is 17.7 Å². The van der Waals surface area contributed by atoms with E-state index in [1.165, 1.54) is 21.9 Å². The largest absolute Gasteiger partial charge is 0.563 e. The summed E-state index contributed by atoms with van der Waals surface area (Å²) in [6.45, 7) is 7.93. The second-order valence-electron chi connectivity index (χ2n) is 7.56. The van der Waals surface area contributed by atoms with Crippen LogP contribution in [0.1, 0.15) is 13.8 Å². The van der Waals surface area contributed by atoms with Crippen LogP contribution in [0.4, 0.5) is 0 Å². The number of benzene rings is 3. The first-order chi connectivity index (χ1) is 13.0. The first-order valence-electron chi connectivity index (χ1n) is 9.16. The quantitative estimate of drug-likeness (QED) is 0.514. The van der Waals surface area contributed by atoms with Crippen LogP contribution in [0.5, 0.6) is 0 Å². The summed E-state index contributed by atoms with van der Waals surface area (Å²) in [5.74, 6) is 0.665. The fraction of sp³-hybridized carbons (Fsp3) is 0.130. The summed E-state index contributed by atoms with van der Waals surface area (Å²) in [5.41, 5.74) is 5.18. The van der Waals surface area contributed by atoms with Crippen molar-refractivity contribution in [2.45, 2.75) is 19.4 Å². The molecule has 0 unspecified atom stereocenters. The minimum atomic E-state index is -0.472. The van der Waals surface area contributed by atoms with Crippen LogP contribution in [0, 0.1) is 0 Å². The number of rotatable bonds is 2. The molecule has 1 fully saturated rings. The summed E-state index contributed by atoms with van der Waals surface area (Å²) in [7, 11) is -0.417. The SMILES string of the molecule is C=C1OB(c2ccc3[nH]c4ccc(-c5ccccc5)cc4c3c2)OC1(C)C. The normalized spacial score (nSPS) is 16.2. The predicted molar refractivity (Wildman–Crippen MR) is 112 cm³/mol. The van der Waals surface area contributed by atoms with Crippen molar-refractivity contribution in [3.63, 3.8) is 0 Å². The Morgan fingerprint density at radius 3 is 2.26 bits per heavy atom. The molecule has 1 aliphatic heterocycles. The lowest BCUT2D eigenvalue weighted by Crippen LogP contribution is -2.34. The van der Waals surface area contributed by atoms with Gasteiger partial charge in [0.1, 0.15) is 5.60 Å². The number of H-pyrrole nitrogens is 1. The van der Waals surface area contributed by atoms with Gasteiger partial charge in [0.2, 0.25) is 0 Å². The number of hydrogen-bond acceptors (Lipinski definition) is 2. The Morgan fingerprint density at radius 2 is 1.56 bits per heavy atom. The van der Waals surface area contributed by atoms with Crippen LogP contribution >= 0.6 is 0 Å². The van der Waals surface area contributed by atoms with E-state index in [0.29, 0.717) is 5.76 Å². The molecule has 0 spiro atoms. The minimum absolute atomic E-state index is 0.417. The topological polar surface area (TPSA) is 34.2 Å². The molecular weight excluding hydrogens is 333 g/mol. The minimum Gasteiger partial charge on any atom is -0.534 e. The third-order valence-corrected chi connectivity index (χ3v) is 5.32. The molecule has 0 atom stereocenters. The van der Waals surface area contributed by atoms with Gasteiger partial charge < -0.3 is 14.3 Å². The maximum atomic E-state index is 6.05. The second-order valence-corrected chi connectivity index (χ2v) is 7.56. The number of aromatic nitrogens is 1. The van der Waals surface area contributed by atoms with Crippen molar-refractivity contribution in [2.24, 2.45) is 0 Å². The third kappa shape index (κ3) is 2.65. The van der Waals surface area contributed by atoms with E-state index in [2.05, 4.69) is 72.2 Å². The Bertz CT molecular complexity index is 1180. The highest BCUT2D eigenvalue weighted by Gasteiger charge is 2.42. The van der Waals surface area contributed by atoms with Crippen LogP contribution in [0.15, 0.2) is 79.1 Å². The van der Waals surface area contributed by atoms with Crippen LogP contribution in [-0.2, 0) is 9.31 Å². The van der Waals surface area contributed by atoms with E-state index in [9.17, 15) is 0 Å². The Hall–Kier alpha value is -2.98. The average Bonchev–Trinajstić information content (AvgIpc) is 3.18. The Kier molecular flexibility index (Phi) is 3.46. The van der Waals surface area contributed by atoms with Crippen LogP contribution in [0.25, 0.3) is 32.9 Å². The molecule has 0 aliphatic carbocycles. The van der Waals surface area contributed by atoms with Crippen molar-refractivity contribution in [1.29, 1.82) is 0 Å². The molecule has 27 heavy (non-hydrogen) atoms. The van der Waals surface area contributed by atoms with Crippen molar-refractivity contribution >= 4 is 34.4 Å². The molecule has 1 aromatic heterocycles. The van der Waals surface area contributed by atoms with Gasteiger partial charge in [0, 0.05) is 21.8 Å².